The van der Waals surface area contributed by atoms with Crippen LogP contribution in [-0.2, 0) is 6.42 Å². The van der Waals surface area contributed by atoms with Crippen LogP contribution in [0.15, 0.2) is 18.2 Å². The highest BCUT2D eigenvalue weighted by Gasteiger charge is 2.14. The van der Waals surface area contributed by atoms with Gasteiger partial charge in [0.2, 0.25) is 0 Å². The van der Waals surface area contributed by atoms with Crippen molar-refractivity contribution in [1.82, 2.24) is 10.2 Å². The van der Waals surface area contributed by atoms with Crippen LogP contribution < -0.4 is 0 Å². The lowest BCUT2D eigenvalue weighted by atomic mass is 10.1. The number of hydrogen-bond acceptors (Lipinski definition) is 3. The van der Waals surface area contributed by atoms with Gasteiger partial charge >= 0.3 is 0 Å². The molecule has 0 saturated heterocycles. The van der Waals surface area contributed by atoms with Crippen LogP contribution in [0.2, 0.25) is 0 Å². The van der Waals surface area contributed by atoms with E-state index in [2.05, 4.69) is 26.1 Å². The zero-order valence-electron chi connectivity index (χ0n) is 9.66. The molecule has 2 rings (SSSR count). The van der Waals surface area contributed by atoms with Crippen molar-refractivity contribution in [3.63, 3.8) is 0 Å². The third kappa shape index (κ3) is 2.92. The van der Waals surface area contributed by atoms with Gasteiger partial charge in [-0.3, -0.25) is 0 Å². The number of rotatable bonds is 4. The molecule has 1 aromatic heterocycles. The summed E-state index contributed by atoms with van der Waals surface area (Å²) in [5.74, 6) is -1.63. The van der Waals surface area contributed by atoms with Crippen LogP contribution >= 0.6 is 27.3 Å². The molecule has 96 valence electrons. The molecule has 1 unspecified atom stereocenters. The molecule has 0 bridgehead atoms. The Kier molecular flexibility index (Phi) is 4.40. The van der Waals surface area contributed by atoms with E-state index in [-0.39, 0.29) is 11.2 Å². The Morgan fingerprint density at radius 1 is 1.33 bits per heavy atom. The summed E-state index contributed by atoms with van der Waals surface area (Å²) >= 11 is 4.90. The fourth-order valence-corrected chi connectivity index (χ4v) is 2.79. The number of aromatic nitrogens is 2. The fourth-order valence-electron chi connectivity index (χ4n) is 1.49. The van der Waals surface area contributed by atoms with E-state index < -0.39 is 11.6 Å². The van der Waals surface area contributed by atoms with Gasteiger partial charge in [-0.2, -0.15) is 0 Å². The third-order valence-corrected chi connectivity index (χ3v) is 4.90. The first-order chi connectivity index (χ1) is 8.61. The molecule has 0 N–H and O–H groups in total. The molecule has 0 fully saturated rings. The highest BCUT2D eigenvalue weighted by atomic mass is 79.9. The molecule has 0 aliphatic heterocycles. The maximum Gasteiger partial charge on any atom is 0.162 e. The number of halogens is 3. The minimum Gasteiger partial charge on any atom is -0.204 e. The molecular formula is C12H11BrF2N2S. The second-order valence-corrected chi connectivity index (χ2v) is 6.00. The molecule has 0 aliphatic rings. The van der Waals surface area contributed by atoms with Gasteiger partial charge in [0.15, 0.2) is 11.6 Å². The highest BCUT2D eigenvalue weighted by molar-refractivity contribution is 9.09. The molecule has 1 aromatic carbocycles. The van der Waals surface area contributed by atoms with Crippen LogP contribution in [0, 0.1) is 11.6 Å². The van der Waals surface area contributed by atoms with E-state index in [1.165, 1.54) is 17.4 Å². The summed E-state index contributed by atoms with van der Waals surface area (Å²) < 4.78 is 26.5. The third-order valence-electron chi connectivity index (χ3n) is 2.48. The minimum atomic E-state index is -0.829. The minimum absolute atomic E-state index is 0.168. The van der Waals surface area contributed by atoms with Crippen LogP contribution in [0.3, 0.4) is 0 Å². The lowest BCUT2D eigenvalue weighted by Crippen LogP contribution is -1.95. The van der Waals surface area contributed by atoms with Crippen molar-refractivity contribution in [2.75, 3.05) is 0 Å². The molecule has 0 spiro atoms. The summed E-state index contributed by atoms with van der Waals surface area (Å²) in [6.45, 7) is 2.03. The lowest BCUT2D eigenvalue weighted by molar-refractivity contribution is 0.500. The predicted octanol–water partition coefficient (Wildman–Crippen LogP) is 4.25. The van der Waals surface area contributed by atoms with Crippen molar-refractivity contribution in [3.8, 4) is 0 Å². The second kappa shape index (κ2) is 5.84. The molecule has 0 amide bonds. The van der Waals surface area contributed by atoms with Gasteiger partial charge in [-0.05, 0) is 18.1 Å². The fraction of sp³-hybridized carbons (Fsp3) is 0.333. The molecule has 1 heterocycles. The van der Waals surface area contributed by atoms with Crippen LogP contribution in [0.5, 0.6) is 0 Å². The molecule has 0 radical (unpaired) electrons. The Labute approximate surface area is 116 Å². The highest BCUT2D eigenvalue weighted by Crippen LogP contribution is 2.29. The molecule has 0 aliphatic carbocycles. The van der Waals surface area contributed by atoms with Gasteiger partial charge in [-0.25, -0.2) is 8.78 Å². The summed E-state index contributed by atoms with van der Waals surface area (Å²) in [6.07, 6.45) is 1.17. The topological polar surface area (TPSA) is 25.8 Å². The Balaban J connectivity index is 2.19. The summed E-state index contributed by atoms with van der Waals surface area (Å²) in [7, 11) is 0. The van der Waals surface area contributed by atoms with Gasteiger partial charge in [0, 0.05) is 6.42 Å². The molecule has 6 heteroatoms. The largest absolute Gasteiger partial charge is 0.204 e. The first-order valence-corrected chi connectivity index (χ1v) is 7.24. The van der Waals surface area contributed by atoms with Crippen LogP contribution in [0.25, 0.3) is 0 Å². The van der Waals surface area contributed by atoms with Gasteiger partial charge in [0.25, 0.3) is 0 Å². The van der Waals surface area contributed by atoms with E-state index in [4.69, 9.17) is 0 Å². The van der Waals surface area contributed by atoms with E-state index in [1.54, 1.807) is 6.07 Å². The smallest absolute Gasteiger partial charge is 0.162 e. The van der Waals surface area contributed by atoms with E-state index in [0.29, 0.717) is 10.6 Å². The van der Waals surface area contributed by atoms with Crippen molar-refractivity contribution < 1.29 is 8.78 Å². The second-order valence-electron chi connectivity index (χ2n) is 3.80. The van der Waals surface area contributed by atoms with Crippen LogP contribution in [0.1, 0.15) is 33.8 Å². The standard InChI is InChI=1S/C12H11BrF2N2S/c1-2-8(13)12-17-16-10(18-12)6-7-4-3-5-9(14)11(7)15/h3-5,8H,2,6H2,1H3. The Bertz CT molecular complexity index is 545. The van der Waals surface area contributed by atoms with Gasteiger partial charge in [-0.15, -0.1) is 10.2 Å². The first kappa shape index (κ1) is 13.5. The van der Waals surface area contributed by atoms with Crippen molar-refractivity contribution >= 4 is 27.3 Å². The van der Waals surface area contributed by atoms with Crippen LogP contribution in [0.4, 0.5) is 8.78 Å². The molecule has 2 aromatic rings. The van der Waals surface area contributed by atoms with E-state index in [9.17, 15) is 8.78 Å². The zero-order valence-corrected chi connectivity index (χ0v) is 12.1. The number of alkyl halides is 1. The van der Waals surface area contributed by atoms with Crippen molar-refractivity contribution in [1.29, 1.82) is 0 Å². The van der Waals surface area contributed by atoms with Crippen molar-refractivity contribution in [2.45, 2.75) is 24.6 Å². The van der Waals surface area contributed by atoms with E-state index in [0.717, 1.165) is 17.5 Å². The van der Waals surface area contributed by atoms with E-state index in [1.807, 2.05) is 6.92 Å². The number of benzene rings is 1. The maximum atomic E-state index is 13.5. The predicted molar refractivity (Wildman–Crippen MR) is 71.0 cm³/mol. The normalized spacial score (nSPS) is 12.7. The summed E-state index contributed by atoms with van der Waals surface area (Å²) in [6, 6.07) is 4.16. The monoisotopic (exact) mass is 332 g/mol. The summed E-state index contributed by atoms with van der Waals surface area (Å²) in [5, 5.41) is 9.59. The average Bonchev–Trinajstić information content (AvgIpc) is 2.82. The molecule has 18 heavy (non-hydrogen) atoms. The molecular weight excluding hydrogens is 322 g/mol. The number of nitrogens with zero attached hydrogens (tertiary/aromatic N) is 2. The Morgan fingerprint density at radius 3 is 2.83 bits per heavy atom. The van der Waals surface area contributed by atoms with Crippen molar-refractivity contribution in [2.24, 2.45) is 0 Å². The van der Waals surface area contributed by atoms with Gasteiger partial charge < -0.3 is 0 Å². The van der Waals surface area contributed by atoms with Gasteiger partial charge in [0.05, 0.1) is 4.83 Å². The van der Waals surface area contributed by atoms with Gasteiger partial charge in [-0.1, -0.05) is 46.3 Å². The van der Waals surface area contributed by atoms with Gasteiger partial charge in [0.1, 0.15) is 10.0 Å². The molecule has 2 nitrogen and oxygen atoms in total. The SMILES string of the molecule is CCC(Br)c1nnc(Cc2cccc(F)c2F)s1. The zero-order chi connectivity index (χ0) is 13.1. The molecule has 1 atom stereocenters. The summed E-state index contributed by atoms with van der Waals surface area (Å²) in [5.41, 5.74) is 0.306. The Morgan fingerprint density at radius 2 is 2.11 bits per heavy atom. The van der Waals surface area contributed by atoms with E-state index >= 15 is 0 Å². The lowest BCUT2D eigenvalue weighted by Gasteiger charge is -2.00. The number of hydrogen-bond donors (Lipinski definition) is 0. The maximum absolute atomic E-state index is 13.5. The average molecular weight is 333 g/mol. The summed E-state index contributed by atoms with van der Waals surface area (Å²) in [4.78, 5) is 0.168. The Hall–Kier alpha value is -0.880. The first-order valence-electron chi connectivity index (χ1n) is 5.51. The quantitative estimate of drug-likeness (QED) is 0.782. The van der Waals surface area contributed by atoms with Crippen LogP contribution in [-0.4, -0.2) is 10.2 Å². The molecule has 0 saturated carbocycles. The van der Waals surface area contributed by atoms with Crippen molar-refractivity contribution in [3.05, 3.63) is 45.4 Å².